The first-order valence-corrected chi connectivity index (χ1v) is 7.38. The van der Waals surface area contributed by atoms with E-state index in [1.165, 1.54) is 0 Å². The highest BCUT2D eigenvalue weighted by atomic mass is 35.5. The first-order valence-electron chi connectivity index (χ1n) is 6.62. The maximum absolute atomic E-state index is 12.2. The molecule has 2 amide bonds. The fraction of sp³-hybridized carbons (Fsp3) is 0.429. The number of piperazine rings is 1. The lowest BCUT2D eigenvalue weighted by molar-refractivity contribution is -0.133. The predicted octanol–water partition coefficient (Wildman–Crippen LogP) is 1.38. The topological polar surface area (TPSA) is 52.7 Å². The molecule has 2 rings (SSSR count). The summed E-state index contributed by atoms with van der Waals surface area (Å²) in [5.41, 5.74) is 0.914. The SMILES string of the molecule is CN(Cc1ccc(Cl)c(Cl)c1)C(=O)CN1CCNC(=O)C1. The first kappa shape index (κ1) is 16.1. The molecule has 0 spiro atoms. The Bertz CT molecular complexity index is 551. The molecule has 1 N–H and O–H groups in total. The number of rotatable bonds is 4. The number of benzene rings is 1. The Hall–Kier alpha value is -1.30. The summed E-state index contributed by atoms with van der Waals surface area (Å²) in [5, 5.41) is 3.70. The molecular weight excluding hydrogens is 313 g/mol. The van der Waals surface area contributed by atoms with Gasteiger partial charge in [-0.1, -0.05) is 29.3 Å². The third kappa shape index (κ3) is 4.59. The van der Waals surface area contributed by atoms with Crippen LogP contribution >= 0.6 is 23.2 Å². The predicted molar refractivity (Wildman–Crippen MR) is 82.4 cm³/mol. The van der Waals surface area contributed by atoms with Gasteiger partial charge in [-0.25, -0.2) is 0 Å². The molecule has 1 aromatic carbocycles. The third-order valence-corrected chi connectivity index (χ3v) is 4.04. The van der Waals surface area contributed by atoms with Crippen molar-refractivity contribution in [2.75, 3.05) is 33.2 Å². The monoisotopic (exact) mass is 329 g/mol. The van der Waals surface area contributed by atoms with Crippen LogP contribution < -0.4 is 5.32 Å². The standard InChI is InChI=1S/C14H17Cl2N3O2/c1-18(7-10-2-3-11(15)12(16)6-10)14(21)9-19-5-4-17-13(20)8-19/h2-3,6H,4-5,7-9H2,1H3,(H,17,20). The Morgan fingerprint density at radius 1 is 1.38 bits per heavy atom. The average Bonchev–Trinajstić information content (AvgIpc) is 2.43. The molecule has 1 aromatic rings. The number of halogens is 2. The van der Waals surface area contributed by atoms with Crippen LogP contribution in [0.25, 0.3) is 0 Å². The van der Waals surface area contributed by atoms with Crippen molar-refractivity contribution in [3.63, 3.8) is 0 Å². The molecule has 0 aliphatic carbocycles. The van der Waals surface area contributed by atoms with Gasteiger partial charge in [0.15, 0.2) is 0 Å². The van der Waals surface area contributed by atoms with Gasteiger partial charge in [0.25, 0.3) is 0 Å². The maximum Gasteiger partial charge on any atom is 0.236 e. The number of amides is 2. The van der Waals surface area contributed by atoms with Crippen molar-refractivity contribution >= 4 is 35.0 Å². The van der Waals surface area contributed by atoms with E-state index in [2.05, 4.69) is 5.32 Å². The maximum atomic E-state index is 12.2. The van der Waals surface area contributed by atoms with Gasteiger partial charge in [-0.15, -0.1) is 0 Å². The summed E-state index contributed by atoms with van der Waals surface area (Å²) < 4.78 is 0. The van der Waals surface area contributed by atoms with Gasteiger partial charge in [0, 0.05) is 26.7 Å². The Morgan fingerprint density at radius 3 is 2.81 bits per heavy atom. The Balaban J connectivity index is 1.89. The van der Waals surface area contributed by atoms with Crippen LogP contribution in [0.1, 0.15) is 5.56 Å². The molecule has 0 unspecified atom stereocenters. The number of carbonyl (C=O) groups excluding carboxylic acids is 2. The second-order valence-corrected chi connectivity index (χ2v) is 5.87. The van der Waals surface area contributed by atoms with E-state index in [4.69, 9.17) is 23.2 Å². The van der Waals surface area contributed by atoms with E-state index in [0.29, 0.717) is 29.7 Å². The van der Waals surface area contributed by atoms with Crippen molar-refractivity contribution in [2.45, 2.75) is 6.54 Å². The average molecular weight is 330 g/mol. The van der Waals surface area contributed by atoms with Crippen LogP contribution in [0.3, 0.4) is 0 Å². The minimum atomic E-state index is -0.0406. The summed E-state index contributed by atoms with van der Waals surface area (Å²) in [5.74, 6) is -0.0723. The lowest BCUT2D eigenvalue weighted by Gasteiger charge is -2.28. The van der Waals surface area contributed by atoms with Crippen molar-refractivity contribution in [3.05, 3.63) is 33.8 Å². The molecule has 7 heteroatoms. The lowest BCUT2D eigenvalue weighted by atomic mass is 10.2. The number of likely N-dealkylation sites (N-methyl/N-ethyl adjacent to an activating group) is 1. The molecule has 0 atom stereocenters. The van der Waals surface area contributed by atoms with Crippen molar-refractivity contribution in [1.82, 2.24) is 15.1 Å². The zero-order valence-corrected chi connectivity index (χ0v) is 13.2. The highest BCUT2D eigenvalue weighted by Gasteiger charge is 2.20. The largest absolute Gasteiger partial charge is 0.354 e. The van der Waals surface area contributed by atoms with Crippen LogP contribution in [-0.2, 0) is 16.1 Å². The smallest absolute Gasteiger partial charge is 0.236 e. The van der Waals surface area contributed by atoms with E-state index >= 15 is 0 Å². The number of hydrogen-bond acceptors (Lipinski definition) is 3. The normalized spacial score (nSPS) is 15.7. The van der Waals surface area contributed by atoms with Crippen LogP contribution in [-0.4, -0.2) is 54.8 Å². The van der Waals surface area contributed by atoms with E-state index in [1.807, 2.05) is 11.0 Å². The van der Waals surface area contributed by atoms with Crippen molar-refractivity contribution in [3.8, 4) is 0 Å². The van der Waals surface area contributed by atoms with Gasteiger partial charge in [-0.2, -0.15) is 0 Å². The molecule has 0 aromatic heterocycles. The highest BCUT2D eigenvalue weighted by Crippen LogP contribution is 2.23. The first-order chi connectivity index (χ1) is 9.95. The molecule has 1 aliphatic rings. The van der Waals surface area contributed by atoms with Gasteiger partial charge in [0.2, 0.25) is 11.8 Å². The molecule has 1 fully saturated rings. The summed E-state index contributed by atoms with van der Waals surface area (Å²) in [6.07, 6.45) is 0. The van der Waals surface area contributed by atoms with Crippen LogP contribution in [0.15, 0.2) is 18.2 Å². The Morgan fingerprint density at radius 2 is 2.14 bits per heavy atom. The molecule has 0 bridgehead atoms. The number of hydrogen-bond donors (Lipinski definition) is 1. The fourth-order valence-electron chi connectivity index (χ4n) is 2.14. The van der Waals surface area contributed by atoms with Gasteiger partial charge in [-0.3, -0.25) is 14.5 Å². The summed E-state index contributed by atoms with van der Waals surface area (Å²) in [4.78, 5) is 26.9. The number of carbonyl (C=O) groups is 2. The molecule has 1 aliphatic heterocycles. The summed E-state index contributed by atoms with van der Waals surface area (Å²) in [6.45, 7) is 2.24. The van der Waals surface area contributed by atoms with Gasteiger partial charge in [-0.05, 0) is 17.7 Å². The van der Waals surface area contributed by atoms with Crippen LogP contribution in [0.4, 0.5) is 0 Å². The lowest BCUT2D eigenvalue weighted by Crippen LogP contribution is -2.50. The zero-order valence-electron chi connectivity index (χ0n) is 11.7. The third-order valence-electron chi connectivity index (χ3n) is 3.31. The van der Waals surface area contributed by atoms with E-state index < -0.39 is 0 Å². The van der Waals surface area contributed by atoms with E-state index in [-0.39, 0.29) is 24.9 Å². The van der Waals surface area contributed by atoms with Gasteiger partial charge in [0.05, 0.1) is 23.1 Å². The second-order valence-electron chi connectivity index (χ2n) is 5.06. The van der Waals surface area contributed by atoms with Crippen molar-refractivity contribution in [2.24, 2.45) is 0 Å². The van der Waals surface area contributed by atoms with Gasteiger partial charge >= 0.3 is 0 Å². The van der Waals surface area contributed by atoms with E-state index in [1.54, 1.807) is 24.1 Å². The van der Waals surface area contributed by atoms with Crippen LogP contribution in [0.5, 0.6) is 0 Å². The molecule has 114 valence electrons. The molecule has 1 saturated heterocycles. The molecule has 1 heterocycles. The molecule has 5 nitrogen and oxygen atoms in total. The highest BCUT2D eigenvalue weighted by molar-refractivity contribution is 6.42. The Kier molecular flexibility index (Phi) is 5.45. The van der Waals surface area contributed by atoms with E-state index in [9.17, 15) is 9.59 Å². The van der Waals surface area contributed by atoms with Crippen molar-refractivity contribution in [1.29, 1.82) is 0 Å². The molecule has 0 saturated carbocycles. The van der Waals surface area contributed by atoms with E-state index in [0.717, 1.165) is 5.56 Å². The van der Waals surface area contributed by atoms with Gasteiger partial charge in [0.1, 0.15) is 0 Å². The zero-order chi connectivity index (χ0) is 15.4. The summed E-state index contributed by atoms with van der Waals surface area (Å²) in [7, 11) is 1.73. The second kappa shape index (κ2) is 7.11. The number of nitrogens with one attached hydrogen (secondary N) is 1. The van der Waals surface area contributed by atoms with Gasteiger partial charge < -0.3 is 10.2 Å². The van der Waals surface area contributed by atoms with Crippen LogP contribution in [0.2, 0.25) is 10.0 Å². The molecule has 0 radical (unpaired) electrons. The molecular formula is C14H17Cl2N3O2. The fourth-order valence-corrected chi connectivity index (χ4v) is 2.46. The Labute approximate surface area is 133 Å². The van der Waals surface area contributed by atoms with Crippen molar-refractivity contribution < 1.29 is 9.59 Å². The molecule has 21 heavy (non-hydrogen) atoms. The quantitative estimate of drug-likeness (QED) is 0.908. The van der Waals surface area contributed by atoms with Crippen LogP contribution in [0, 0.1) is 0 Å². The summed E-state index contributed by atoms with van der Waals surface area (Å²) >= 11 is 11.8. The number of nitrogens with zero attached hydrogens (tertiary/aromatic N) is 2. The minimum absolute atomic E-state index is 0.0317. The minimum Gasteiger partial charge on any atom is -0.354 e. The summed E-state index contributed by atoms with van der Waals surface area (Å²) in [6, 6.07) is 5.31.